The number of aryl methyl sites for hydroxylation is 2. The van der Waals surface area contributed by atoms with Gasteiger partial charge in [0.05, 0.1) is 5.56 Å². The lowest BCUT2D eigenvalue weighted by Gasteiger charge is -2.29. The average Bonchev–Trinajstić information content (AvgIpc) is 2.99. The normalized spacial score (nSPS) is 18.0. The Bertz CT molecular complexity index is 785. The third-order valence-corrected chi connectivity index (χ3v) is 5.69. The highest BCUT2D eigenvalue weighted by atomic mass is 16.3. The van der Waals surface area contributed by atoms with Crippen molar-refractivity contribution in [2.75, 3.05) is 19.6 Å². The molecule has 1 fully saturated rings. The first kappa shape index (κ1) is 17.3. The Balaban J connectivity index is 1.54. The predicted octanol–water partition coefficient (Wildman–Crippen LogP) is 4.08. The molecule has 2 aliphatic rings. The fraction of sp³-hybridized carbons (Fsp3) is 0.500. The van der Waals surface area contributed by atoms with E-state index in [9.17, 15) is 4.79 Å². The van der Waals surface area contributed by atoms with Crippen LogP contribution in [0.25, 0.3) is 0 Å². The standard InChI is InChI=1S/C22H28N2O2/c1-16-6-8-18(9-7-16)14-23-13-10-20-19(15-23)21(17(2)26-20)22(25)24-11-4-3-5-12-24/h6-9H,3-5,10-15H2,1-2H3. The van der Waals surface area contributed by atoms with Crippen LogP contribution >= 0.6 is 0 Å². The Hall–Kier alpha value is -2.07. The van der Waals surface area contributed by atoms with Crippen molar-refractivity contribution in [1.29, 1.82) is 0 Å². The lowest BCUT2D eigenvalue weighted by Crippen LogP contribution is -2.37. The van der Waals surface area contributed by atoms with E-state index in [1.54, 1.807) is 0 Å². The van der Waals surface area contributed by atoms with Gasteiger partial charge in [-0.15, -0.1) is 0 Å². The lowest BCUT2D eigenvalue weighted by atomic mass is 10.00. The van der Waals surface area contributed by atoms with Gasteiger partial charge in [-0.05, 0) is 38.7 Å². The van der Waals surface area contributed by atoms with Gasteiger partial charge in [-0.3, -0.25) is 9.69 Å². The minimum Gasteiger partial charge on any atom is -0.465 e. The second-order valence-electron chi connectivity index (χ2n) is 7.73. The Labute approximate surface area is 155 Å². The predicted molar refractivity (Wildman–Crippen MR) is 102 cm³/mol. The minimum absolute atomic E-state index is 0.171. The number of piperidine rings is 1. The molecule has 0 saturated carbocycles. The summed E-state index contributed by atoms with van der Waals surface area (Å²) < 4.78 is 5.99. The maximum atomic E-state index is 13.1. The zero-order chi connectivity index (χ0) is 18.1. The van der Waals surface area contributed by atoms with Gasteiger partial charge in [0.1, 0.15) is 11.5 Å². The van der Waals surface area contributed by atoms with Crippen LogP contribution in [0.5, 0.6) is 0 Å². The van der Waals surface area contributed by atoms with E-state index in [1.165, 1.54) is 17.5 Å². The van der Waals surface area contributed by atoms with Gasteiger partial charge in [-0.1, -0.05) is 29.8 Å². The van der Waals surface area contributed by atoms with Crippen LogP contribution in [0.4, 0.5) is 0 Å². The first-order valence-corrected chi connectivity index (χ1v) is 9.80. The fourth-order valence-corrected chi connectivity index (χ4v) is 4.20. The summed E-state index contributed by atoms with van der Waals surface area (Å²) in [6.45, 7) is 8.52. The van der Waals surface area contributed by atoms with E-state index in [4.69, 9.17) is 4.42 Å². The van der Waals surface area contributed by atoms with Crippen LogP contribution in [0.15, 0.2) is 28.7 Å². The zero-order valence-electron chi connectivity index (χ0n) is 15.9. The quantitative estimate of drug-likeness (QED) is 0.835. The van der Waals surface area contributed by atoms with E-state index >= 15 is 0 Å². The van der Waals surface area contributed by atoms with E-state index in [0.29, 0.717) is 0 Å². The number of carbonyl (C=O) groups excluding carboxylic acids is 1. The lowest BCUT2D eigenvalue weighted by molar-refractivity contribution is 0.0720. The van der Waals surface area contributed by atoms with Gasteiger partial charge in [-0.2, -0.15) is 0 Å². The van der Waals surface area contributed by atoms with Gasteiger partial charge < -0.3 is 9.32 Å². The van der Waals surface area contributed by atoms with Crippen molar-refractivity contribution < 1.29 is 9.21 Å². The molecule has 0 N–H and O–H groups in total. The number of nitrogens with zero attached hydrogens (tertiary/aromatic N) is 2. The van der Waals surface area contributed by atoms with Crippen molar-refractivity contribution in [3.05, 3.63) is 58.0 Å². The van der Waals surface area contributed by atoms with E-state index in [2.05, 4.69) is 36.1 Å². The maximum absolute atomic E-state index is 13.1. The van der Waals surface area contributed by atoms with Gasteiger partial charge >= 0.3 is 0 Å². The summed E-state index contributed by atoms with van der Waals surface area (Å²) in [4.78, 5) is 17.5. The molecule has 4 nitrogen and oxygen atoms in total. The Kier molecular flexibility index (Phi) is 4.86. The smallest absolute Gasteiger partial charge is 0.257 e. The molecule has 0 atom stereocenters. The van der Waals surface area contributed by atoms with Gasteiger partial charge in [0.25, 0.3) is 5.91 Å². The second kappa shape index (κ2) is 7.28. The average molecular weight is 352 g/mol. The molecule has 1 aromatic carbocycles. The Morgan fingerprint density at radius 2 is 1.77 bits per heavy atom. The highest BCUT2D eigenvalue weighted by Crippen LogP contribution is 2.30. The van der Waals surface area contributed by atoms with Crippen LogP contribution in [-0.4, -0.2) is 35.3 Å². The molecule has 0 aliphatic carbocycles. The molecule has 4 heteroatoms. The molecular formula is C22H28N2O2. The number of likely N-dealkylation sites (tertiary alicyclic amines) is 1. The summed E-state index contributed by atoms with van der Waals surface area (Å²) in [5.74, 6) is 1.98. The molecular weight excluding hydrogens is 324 g/mol. The molecule has 3 heterocycles. The minimum atomic E-state index is 0.171. The van der Waals surface area contributed by atoms with Crippen molar-refractivity contribution in [1.82, 2.24) is 9.80 Å². The van der Waals surface area contributed by atoms with Gasteiger partial charge in [0.15, 0.2) is 0 Å². The van der Waals surface area contributed by atoms with Gasteiger partial charge in [0, 0.05) is 44.7 Å². The summed E-state index contributed by atoms with van der Waals surface area (Å²) in [5.41, 5.74) is 4.56. The number of carbonyl (C=O) groups is 1. The Morgan fingerprint density at radius 3 is 2.50 bits per heavy atom. The van der Waals surface area contributed by atoms with Crippen LogP contribution < -0.4 is 0 Å². The molecule has 2 aromatic rings. The van der Waals surface area contributed by atoms with Gasteiger partial charge in [0.2, 0.25) is 0 Å². The van der Waals surface area contributed by atoms with Gasteiger partial charge in [-0.25, -0.2) is 0 Å². The monoisotopic (exact) mass is 352 g/mol. The number of rotatable bonds is 3. The first-order valence-electron chi connectivity index (χ1n) is 9.80. The summed E-state index contributed by atoms with van der Waals surface area (Å²) in [6, 6.07) is 8.73. The molecule has 138 valence electrons. The first-order chi connectivity index (χ1) is 12.6. The van der Waals surface area contributed by atoms with E-state index in [0.717, 1.165) is 74.6 Å². The molecule has 0 bridgehead atoms. The SMILES string of the molecule is Cc1ccc(CN2CCc3oc(C)c(C(=O)N4CCCCC4)c3C2)cc1. The van der Waals surface area contributed by atoms with Crippen LogP contribution in [-0.2, 0) is 19.5 Å². The molecule has 1 amide bonds. The molecule has 0 unspecified atom stereocenters. The molecule has 1 saturated heterocycles. The number of furan rings is 1. The number of hydrogen-bond acceptors (Lipinski definition) is 3. The number of benzene rings is 1. The van der Waals surface area contributed by atoms with E-state index in [1.807, 2.05) is 11.8 Å². The van der Waals surface area contributed by atoms with Crippen LogP contribution in [0.1, 0.15) is 57.8 Å². The van der Waals surface area contributed by atoms with Crippen LogP contribution in [0, 0.1) is 13.8 Å². The van der Waals surface area contributed by atoms with E-state index in [-0.39, 0.29) is 5.91 Å². The highest BCUT2D eigenvalue weighted by Gasteiger charge is 2.31. The summed E-state index contributed by atoms with van der Waals surface area (Å²) >= 11 is 0. The van der Waals surface area contributed by atoms with Crippen molar-refractivity contribution in [3.63, 3.8) is 0 Å². The highest BCUT2D eigenvalue weighted by molar-refractivity contribution is 5.97. The van der Waals surface area contributed by atoms with Crippen molar-refractivity contribution in [2.45, 2.75) is 52.6 Å². The largest absolute Gasteiger partial charge is 0.465 e. The zero-order valence-corrected chi connectivity index (χ0v) is 15.9. The van der Waals surface area contributed by atoms with Crippen molar-refractivity contribution in [2.24, 2.45) is 0 Å². The van der Waals surface area contributed by atoms with E-state index < -0.39 is 0 Å². The molecule has 0 spiro atoms. The molecule has 0 radical (unpaired) electrons. The summed E-state index contributed by atoms with van der Waals surface area (Å²) in [5, 5.41) is 0. The molecule has 26 heavy (non-hydrogen) atoms. The number of fused-ring (bicyclic) bond motifs is 1. The summed E-state index contributed by atoms with van der Waals surface area (Å²) in [6.07, 6.45) is 4.35. The molecule has 2 aliphatic heterocycles. The third kappa shape index (κ3) is 3.43. The third-order valence-electron chi connectivity index (χ3n) is 5.69. The Morgan fingerprint density at radius 1 is 1.04 bits per heavy atom. The van der Waals surface area contributed by atoms with Crippen molar-refractivity contribution >= 4 is 5.91 Å². The second-order valence-corrected chi connectivity index (χ2v) is 7.73. The number of hydrogen-bond donors (Lipinski definition) is 0. The summed E-state index contributed by atoms with van der Waals surface area (Å²) in [7, 11) is 0. The number of amides is 1. The van der Waals surface area contributed by atoms with Crippen LogP contribution in [0.2, 0.25) is 0 Å². The fourth-order valence-electron chi connectivity index (χ4n) is 4.20. The van der Waals surface area contributed by atoms with Crippen LogP contribution in [0.3, 0.4) is 0 Å². The maximum Gasteiger partial charge on any atom is 0.257 e. The molecule has 1 aromatic heterocycles. The molecule has 4 rings (SSSR count). The topological polar surface area (TPSA) is 36.7 Å². The van der Waals surface area contributed by atoms with Crippen molar-refractivity contribution in [3.8, 4) is 0 Å².